The zero-order valence-electron chi connectivity index (χ0n) is 14.4. The Morgan fingerprint density at radius 1 is 1.08 bits per heavy atom. The van der Waals surface area contributed by atoms with E-state index < -0.39 is 0 Å². The van der Waals surface area contributed by atoms with Crippen LogP contribution in [0.2, 0.25) is 5.02 Å². The highest BCUT2D eigenvalue weighted by Gasteiger charge is 2.23. The van der Waals surface area contributed by atoms with Gasteiger partial charge in [0.2, 0.25) is 5.82 Å². The number of benzene rings is 2. The predicted octanol–water partition coefficient (Wildman–Crippen LogP) is 4.19. The summed E-state index contributed by atoms with van der Waals surface area (Å²) in [5, 5.41) is 16.4. The first-order chi connectivity index (χ1) is 12.7. The van der Waals surface area contributed by atoms with E-state index in [-0.39, 0.29) is 0 Å². The van der Waals surface area contributed by atoms with Crippen molar-refractivity contribution in [2.45, 2.75) is 6.92 Å². The first-order valence-corrected chi connectivity index (χ1v) is 8.70. The molecule has 26 heavy (non-hydrogen) atoms. The van der Waals surface area contributed by atoms with Crippen LogP contribution in [0.5, 0.6) is 0 Å². The molecule has 6 nitrogen and oxygen atoms in total. The van der Waals surface area contributed by atoms with Gasteiger partial charge < -0.3 is 4.90 Å². The minimum absolute atomic E-state index is 0.508. The van der Waals surface area contributed by atoms with E-state index in [1.807, 2.05) is 43.4 Å². The number of fused-ring (bicyclic) bond motifs is 1. The number of hydrogen-bond acceptors (Lipinski definition) is 5. The van der Waals surface area contributed by atoms with Crippen LogP contribution in [0.1, 0.15) is 6.92 Å². The van der Waals surface area contributed by atoms with Crippen molar-refractivity contribution >= 4 is 28.3 Å². The average molecular weight is 365 g/mol. The van der Waals surface area contributed by atoms with Crippen LogP contribution in [-0.2, 0) is 0 Å². The molecule has 0 aliphatic heterocycles. The third-order valence-electron chi connectivity index (χ3n) is 4.40. The molecule has 4 rings (SSSR count). The summed E-state index contributed by atoms with van der Waals surface area (Å²) in [6.45, 7) is 2.88. The number of nitrogens with one attached hydrogen (secondary N) is 1. The van der Waals surface area contributed by atoms with Crippen LogP contribution in [0, 0.1) is 0 Å². The van der Waals surface area contributed by atoms with E-state index in [1.54, 1.807) is 0 Å². The Balaban J connectivity index is 2.18. The Bertz CT molecular complexity index is 1050. The van der Waals surface area contributed by atoms with Crippen LogP contribution >= 0.6 is 11.6 Å². The number of tetrazole rings is 1. The Hall–Kier alpha value is -2.99. The molecule has 2 heterocycles. The molecule has 1 N–H and O–H groups in total. The van der Waals surface area contributed by atoms with Crippen molar-refractivity contribution in [3.05, 3.63) is 53.6 Å². The molecule has 0 bridgehead atoms. The number of nitrogens with zero attached hydrogens (tertiary/aromatic N) is 5. The van der Waals surface area contributed by atoms with Crippen LogP contribution in [-0.4, -0.2) is 39.2 Å². The normalized spacial score (nSPS) is 11.0. The van der Waals surface area contributed by atoms with Crippen LogP contribution in [0.3, 0.4) is 0 Å². The summed E-state index contributed by atoms with van der Waals surface area (Å²) in [5.74, 6) is 1.32. The van der Waals surface area contributed by atoms with Crippen LogP contribution in [0.25, 0.3) is 33.4 Å². The lowest BCUT2D eigenvalue weighted by Crippen LogP contribution is -2.19. The topological polar surface area (TPSA) is 70.6 Å². The lowest BCUT2D eigenvalue weighted by atomic mass is 9.95. The summed E-state index contributed by atoms with van der Waals surface area (Å²) < 4.78 is 0. The van der Waals surface area contributed by atoms with Crippen molar-refractivity contribution in [3.8, 4) is 22.5 Å². The minimum atomic E-state index is 0.508. The summed E-state index contributed by atoms with van der Waals surface area (Å²) in [6, 6.07) is 15.9. The maximum absolute atomic E-state index is 6.30. The molecule has 130 valence electrons. The summed E-state index contributed by atoms with van der Waals surface area (Å²) in [5.41, 5.74) is 3.75. The monoisotopic (exact) mass is 364 g/mol. The van der Waals surface area contributed by atoms with Gasteiger partial charge in [0.05, 0.1) is 11.1 Å². The number of anilines is 1. The second-order valence-corrected chi connectivity index (χ2v) is 6.40. The zero-order valence-corrected chi connectivity index (χ0v) is 15.2. The van der Waals surface area contributed by atoms with E-state index >= 15 is 0 Å². The lowest BCUT2D eigenvalue weighted by Gasteiger charge is -2.22. The number of H-pyrrole nitrogens is 1. The highest BCUT2D eigenvalue weighted by atomic mass is 35.5. The van der Waals surface area contributed by atoms with Gasteiger partial charge in [0.15, 0.2) is 0 Å². The molecule has 0 atom stereocenters. The molecule has 2 aromatic carbocycles. The summed E-state index contributed by atoms with van der Waals surface area (Å²) in [4.78, 5) is 6.95. The third kappa shape index (κ3) is 2.78. The predicted molar refractivity (Wildman–Crippen MR) is 104 cm³/mol. The fraction of sp³-hybridized carbons (Fsp3) is 0.158. The molecule has 0 unspecified atom stereocenters. The van der Waals surface area contributed by atoms with E-state index in [2.05, 4.69) is 44.6 Å². The standard InChI is InChI=1S/C19H17ClN6/c1-3-26(2)19-17(18-22-24-25-23-18)16(12-7-5-4-6-8-12)14-11-13(20)9-10-15(14)21-19/h4-11H,3H2,1-2H3,(H,22,23,24,25). The fourth-order valence-corrected chi connectivity index (χ4v) is 3.20. The van der Waals surface area contributed by atoms with Gasteiger partial charge in [-0.15, -0.1) is 10.2 Å². The molecule has 0 aliphatic rings. The number of rotatable bonds is 4. The van der Waals surface area contributed by atoms with Crippen LogP contribution in [0.15, 0.2) is 48.5 Å². The largest absolute Gasteiger partial charge is 0.359 e. The lowest BCUT2D eigenvalue weighted by molar-refractivity contribution is 0.881. The molecule has 2 aromatic heterocycles. The number of halogens is 1. The molecular weight excluding hydrogens is 348 g/mol. The highest BCUT2D eigenvalue weighted by molar-refractivity contribution is 6.31. The Kier molecular flexibility index (Phi) is 4.26. The van der Waals surface area contributed by atoms with E-state index in [1.165, 1.54) is 0 Å². The molecule has 7 heteroatoms. The summed E-state index contributed by atoms with van der Waals surface area (Å²) >= 11 is 6.30. The first-order valence-electron chi connectivity index (χ1n) is 8.32. The Labute approximate surface area is 155 Å². The number of pyridine rings is 1. The first kappa shape index (κ1) is 16.5. The Morgan fingerprint density at radius 3 is 2.58 bits per heavy atom. The van der Waals surface area contributed by atoms with Gasteiger partial charge in [-0.05, 0) is 35.9 Å². The summed E-state index contributed by atoms with van der Waals surface area (Å²) in [6.07, 6.45) is 0. The highest BCUT2D eigenvalue weighted by Crippen LogP contribution is 2.41. The van der Waals surface area contributed by atoms with Gasteiger partial charge >= 0.3 is 0 Å². The molecular formula is C19H17ClN6. The maximum Gasteiger partial charge on any atom is 0.209 e. The quantitative estimate of drug-likeness (QED) is 0.588. The number of hydrogen-bond donors (Lipinski definition) is 1. The van der Waals surface area contributed by atoms with E-state index in [4.69, 9.17) is 16.6 Å². The molecule has 0 saturated carbocycles. The fourth-order valence-electron chi connectivity index (χ4n) is 3.03. The van der Waals surface area contributed by atoms with Gasteiger partial charge in [-0.25, -0.2) is 4.98 Å². The van der Waals surface area contributed by atoms with E-state index in [9.17, 15) is 0 Å². The van der Waals surface area contributed by atoms with E-state index in [0.717, 1.165) is 40.0 Å². The molecule has 0 fully saturated rings. The van der Waals surface area contributed by atoms with E-state index in [0.29, 0.717) is 10.8 Å². The zero-order chi connectivity index (χ0) is 18.1. The maximum atomic E-state index is 6.30. The molecule has 0 radical (unpaired) electrons. The van der Waals surface area contributed by atoms with Crippen molar-refractivity contribution in [3.63, 3.8) is 0 Å². The third-order valence-corrected chi connectivity index (χ3v) is 4.63. The molecule has 0 aliphatic carbocycles. The smallest absolute Gasteiger partial charge is 0.209 e. The van der Waals surface area contributed by atoms with Crippen molar-refractivity contribution < 1.29 is 0 Å². The molecule has 0 saturated heterocycles. The Morgan fingerprint density at radius 2 is 1.88 bits per heavy atom. The SMILES string of the molecule is CCN(C)c1nc2ccc(Cl)cc2c(-c2ccccc2)c1-c1nn[nH]n1. The number of aromatic amines is 1. The van der Waals surface area contributed by atoms with Crippen molar-refractivity contribution in [1.29, 1.82) is 0 Å². The minimum Gasteiger partial charge on any atom is -0.359 e. The van der Waals surface area contributed by atoms with Crippen molar-refractivity contribution in [2.75, 3.05) is 18.5 Å². The second kappa shape index (κ2) is 6.72. The summed E-state index contributed by atoms with van der Waals surface area (Å²) in [7, 11) is 2.00. The molecule has 4 aromatic rings. The van der Waals surface area contributed by atoms with Gasteiger partial charge in [0, 0.05) is 29.6 Å². The van der Waals surface area contributed by atoms with Crippen molar-refractivity contribution in [1.82, 2.24) is 25.6 Å². The van der Waals surface area contributed by atoms with Gasteiger partial charge in [-0.2, -0.15) is 5.21 Å². The second-order valence-electron chi connectivity index (χ2n) is 5.96. The van der Waals surface area contributed by atoms with Crippen LogP contribution < -0.4 is 4.90 Å². The number of aromatic nitrogens is 5. The van der Waals surface area contributed by atoms with Gasteiger partial charge in [0.1, 0.15) is 5.82 Å². The van der Waals surface area contributed by atoms with Gasteiger partial charge in [0.25, 0.3) is 0 Å². The van der Waals surface area contributed by atoms with Crippen molar-refractivity contribution in [2.24, 2.45) is 0 Å². The molecule has 0 amide bonds. The van der Waals surface area contributed by atoms with Gasteiger partial charge in [-0.1, -0.05) is 41.9 Å². The van der Waals surface area contributed by atoms with Crippen LogP contribution in [0.4, 0.5) is 5.82 Å². The average Bonchev–Trinajstić information content (AvgIpc) is 3.21. The van der Waals surface area contributed by atoms with Gasteiger partial charge in [-0.3, -0.25) is 0 Å². The molecule has 0 spiro atoms.